The third-order valence-electron chi connectivity index (χ3n) is 3.77. The van der Waals surface area contributed by atoms with E-state index in [1.807, 2.05) is 18.3 Å². The second-order valence-electron chi connectivity index (χ2n) is 4.89. The minimum absolute atomic E-state index is 0. The topological polar surface area (TPSA) is 31.1 Å². The monoisotopic (exact) mass is 397 g/mol. The number of fused-ring (bicyclic) bond motifs is 1. The van der Waals surface area contributed by atoms with Crippen LogP contribution < -0.4 is 5.32 Å². The third kappa shape index (κ3) is 3.90. The first kappa shape index (κ1) is 18.7. The largest absolute Gasteiger partial charge is 0.361 e. The number of piperazine rings is 1. The number of hydrogen-bond donors (Lipinski definition) is 2. The maximum Gasteiger partial charge on any atom is 0.109 e. The van der Waals surface area contributed by atoms with Crippen LogP contribution in [0.1, 0.15) is 11.6 Å². The Hall–Kier alpha value is -0.330. The molecule has 1 saturated heterocycles. The lowest BCUT2D eigenvalue weighted by Crippen LogP contribution is -2.45. The Morgan fingerprint density at radius 1 is 1.24 bits per heavy atom. The van der Waals surface area contributed by atoms with E-state index >= 15 is 0 Å². The summed E-state index contributed by atoms with van der Waals surface area (Å²) in [6.07, 6.45) is 1.95. The Bertz CT molecular complexity index is 572. The van der Waals surface area contributed by atoms with Crippen LogP contribution in [0.4, 0.5) is 4.39 Å². The van der Waals surface area contributed by atoms with Gasteiger partial charge in [0, 0.05) is 47.8 Å². The van der Waals surface area contributed by atoms with Gasteiger partial charge in [-0.3, -0.25) is 4.90 Å². The lowest BCUT2D eigenvalue weighted by Gasteiger charge is -2.33. The molecule has 0 bridgehead atoms. The predicted octanol–water partition coefficient (Wildman–Crippen LogP) is 3.69. The molecule has 1 atom stereocenters. The number of hydrogen-bond acceptors (Lipinski definition) is 2. The van der Waals surface area contributed by atoms with E-state index in [-0.39, 0.29) is 37.5 Å². The number of rotatable bonds is 3. The second-order valence-corrected chi connectivity index (χ2v) is 5.81. The van der Waals surface area contributed by atoms with Gasteiger partial charge in [-0.2, -0.15) is 0 Å². The molecule has 1 aromatic heterocycles. The van der Waals surface area contributed by atoms with Gasteiger partial charge in [0.25, 0.3) is 0 Å². The molecule has 0 aliphatic carbocycles. The molecule has 1 aliphatic rings. The molecule has 2 aromatic rings. The number of nitrogens with one attached hydrogen (secondary N) is 2. The molecular formula is C14H19BrCl2FN3. The van der Waals surface area contributed by atoms with E-state index in [4.69, 9.17) is 0 Å². The number of aromatic amines is 1. The summed E-state index contributed by atoms with van der Waals surface area (Å²) in [4.78, 5) is 5.46. The number of H-pyrrole nitrogens is 1. The molecule has 1 aliphatic heterocycles. The van der Waals surface area contributed by atoms with Crippen LogP contribution in [0, 0.1) is 0 Å². The molecule has 0 saturated carbocycles. The van der Waals surface area contributed by atoms with Crippen LogP contribution in [-0.4, -0.2) is 42.7 Å². The van der Waals surface area contributed by atoms with Crippen molar-refractivity contribution in [3.63, 3.8) is 0 Å². The summed E-state index contributed by atoms with van der Waals surface area (Å²) in [5.41, 5.74) is 2.12. The first-order valence-corrected chi connectivity index (χ1v) is 7.36. The molecule has 2 N–H and O–H groups in total. The molecular weight excluding hydrogens is 380 g/mol. The third-order valence-corrected chi connectivity index (χ3v) is 4.27. The molecule has 0 unspecified atom stereocenters. The van der Waals surface area contributed by atoms with Gasteiger partial charge in [0.1, 0.15) is 6.67 Å². The summed E-state index contributed by atoms with van der Waals surface area (Å²) in [6.45, 7) is 3.31. The molecule has 7 heteroatoms. The van der Waals surface area contributed by atoms with Gasteiger partial charge >= 0.3 is 0 Å². The summed E-state index contributed by atoms with van der Waals surface area (Å²) in [6, 6.07) is 5.94. The van der Waals surface area contributed by atoms with Gasteiger partial charge in [0.2, 0.25) is 0 Å². The highest BCUT2D eigenvalue weighted by molar-refractivity contribution is 9.10. The Morgan fingerprint density at radius 2 is 1.95 bits per heavy atom. The fourth-order valence-electron chi connectivity index (χ4n) is 2.76. The van der Waals surface area contributed by atoms with Gasteiger partial charge in [-0.05, 0) is 23.8 Å². The van der Waals surface area contributed by atoms with Gasteiger partial charge in [-0.1, -0.05) is 15.9 Å². The zero-order valence-electron chi connectivity index (χ0n) is 11.4. The van der Waals surface area contributed by atoms with Crippen molar-refractivity contribution in [3.8, 4) is 0 Å². The van der Waals surface area contributed by atoms with Crippen LogP contribution in [0.2, 0.25) is 0 Å². The van der Waals surface area contributed by atoms with E-state index in [1.165, 1.54) is 0 Å². The van der Waals surface area contributed by atoms with Gasteiger partial charge in [-0.15, -0.1) is 24.8 Å². The second kappa shape index (κ2) is 8.34. The van der Waals surface area contributed by atoms with Crippen LogP contribution in [-0.2, 0) is 0 Å². The quantitative estimate of drug-likeness (QED) is 0.825. The molecule has 2 heterocycles. The fourth-order valence-corrected chi connectivity index (χ4v) is 3.12. The SMILES string of the molecule is Cl.Cl.FC[C@H](c1c[nH]c2ccc(Br)cc12)N1CCNCC1. The Kier molecular flexibility index (Phi) is 7.44. The Balaban J connectivity index is 0.00000110. The van der Waals surface area contributed by atoms with Crippen LogP contribution in [0.3, 0.4) is 0 Å². The average Bonchev–Trinajstić information content (AvgIpc) is 2.84. The summed E-state index contributed by atoms with van der Waals surface area (Å²) in [7, 11) is 0. The zero-order chi connectivity index (χ0) is 13.2. The van der Waals surface area contributed by atoms with Crippen molar-refractivity contribution in [1.29, 1.82) is 0 Å². The maximum absolute atomic E-state index is 13.5. The van der Waals surface area contributed by atoms with Crippen LogP contribution in [0.15, 0.2) is 28.9 Å². The van der Waals surface area contributed by atoms with Crippen LogP contribution >= 0.6 is 40.7 Å². The Labute approximate surface area is 144 Å². The van der Waals surface area contributed by atoms with E-state index in [2.05, 4.69) is 37.2 Å². The molecule has 3 rings (SSSR count). The molecule has 118 valence electrons. The van der Waals surface area contributed by atoms with E-state index in [0.29, 0.717) is 0 Å². The highest BCUT2D eigenvalue weighted by atomic mass is 79.9. The number of nitrogens with zero attached hydrogens (tertiary/aromatic N) is 1. The number of aromatic nitrogens is 1. The van der Waals surface area contributed by atoms with Crippen molar-refractivity contribution in [2.75, 3.05) is 32.9 Å². The highest BCUT2D eigenvalue weighted by Gasteiger charge is 2.24. The van der Waals surface area contributed by atoms with Crippen molar-refractivity contribution < 1.29 is 4.39 Å². The van der Waals surface area contributed by atoms with E-state index in [9.17, 15) is 4.39 Å². The van der Waals surface area contributed by atoms with Gasteiger partial charge in [0.15, 0.2) is 0 Å². The van der Waals surface area contributed by atoms with Gasteiger partial charge in [0.05, 0.1) is 6.04 Å². The van der Waals surface area contributed by atoms with E-state index < -0.39 is 0 Å². The minimum Gasteiger partial charge on any atom is -0.361 e. The molecule has 0 radical (unpaired) electrons. The van der Waals surface area contributed by atoms with Crippen molar-refractivity contribution in [1.82, 2.24) is 15.2 Å². The predicted molar refractivity (Wildman–Crippen MR) is 93.7 cm³/mol. The molecule has 1 aromatic carbocycles. The minimum atomic E-state index is -0.348. The summed E-state index contributed by atoms with van der Waals surface area (Å²) in [5, 5.41) is 4.41. The normalized spacial score (nSPS) is 17.0. The smallest absolute Gasteiger partial charge is 0.109 e. The lowest BCUT2D eigenvalue weighted by molar-refractivity contribution is 0.148. The van der Waals surface area contributed by atoms with E-state index in [1.54, 1.807) is 0 Å². The average molecular weight is 399 g/mol. The lowest BCUT2D eigenvalue weighted by atomic mass is 10.0. The van der Waals surface area contributed by atoms with Crippen molar-refractivity contribution >= 4 is 51.6 Å². The van der Waals surface area contributed by atoms with Gasteiger partial charge in [-0.25, -0.2) is 4.39 Å². The molecule has 0 amide bonds. The molecule has 0 spiro atoms. The Morgan fingerprint density at radius 3 is 2.62 bits per heavy atom. The van der Waals surface area contributed by atoms with Gasteiger partial charge < -0.3 is 10.3 Å². The summed E-state index contributed by atoms with van der Waals surface area (Å²) >= 11 is 3.49. The number of halogens is 4. The van der Waals surface area contributed by atoms with Crippen LogP contribution in [0.25, 0.3) is 10.9 Å². The molecule has 3 nitrogen and oxygen atoms in total. The first-order valence-electron chi connectivity index (χ1n) is 6.57. The fraction of sp³-hybridized carbons (Fsp3) is 0.429. The van der Waals surface area contributed by atoms with Crippen molar-refractivity contribution in [2.45, 2.75) is 6.04 Å². The van der Waals surface area contributed by atoms with Crippen molar-refractivity contribution in [3.05, 3.63) is 34.4 Å². The zero-order valence-corrected chi connectivity index (χ0v) is 14.7. The van der Waals surface area contributed by atoms with Crippen molar-refractivity contribution in [2.24, 2.45) is 0 Å². The number of alkyl halides is 1. The molecule has 1 fully saturated rings. The highest BCUT2D eigenvalue weighted by Crippen LogP contribution is 2.30. The maximum atomic E-state index is 13.5. The molecule has 21 heavy (non-hydrogen) atoms. The number of benzene rings is 1. The van der Waals surface area contributed by atoms with E-state index in [0.717, 1.165) is 47.1 Å². The van der Waals surface area contributed by atoms with Crippen LogP contribution in [0.5, 0.6) is 0 Å². The first-order chi connectivity index (χ1) is 9.29. The summed E-state index contributed by atoms with van der Waals surface area (Å²) < 4.78 is 14.6. The summed E-state index contributed by atoms with van der Waals surface area (Å²) in [5.74, 6) is 0. The standard InChI is InChI=1S/C14H17BrFN3.2ClH/c15-10-1-2-13-11(7-10)12(9-18-13)14(8-16)19-5-3-17-4-6-19;;/h1-2,7,9,14,17-18H,3-6,8H2;2*1H/t14-;;/m1../s1.